The van der Waals surface area contributed by atoms with Crippen LogP contribution < -0.4 is 14.4 Å². The van der Waals surface area contributed by atoms with Crippen molar-refractivity contribution >= 4 is 37.5 Å². The molecule has 33 heavy (non-hydrogen) atoms. The highest BCUT2D eigenvalue weighted by Crippen LogP contribution is 2.39. The predicted octanol–water partition coefficient (Wildman–Crippen LogP) is 2.98. The molecule has 0 radical (unpaired) electrons. The fraction of sp³-hybridized carbons (Fsp3) is 0.435. The van der Waals surface area contributed by atoms with E-state index in [4.69, 9.17) is 9.47 Å². The van der Waals surface area contributed by atoms with Gasteiger partial charge in [-0.1, -0.05) is 6.07 Å². The first-order valence-electron chi connectivity index (χ1n) is 11.0. The second-order valence-corrected chi connectivity index (χ2v) is 11.5. The van der Waals surface area contributed by atoms with Crippen LogP contribution >= 0.6 is 15.9 Å². The number of halogens is 1. The highest BCUT2D eigenvalue weighted by Gasteiger charge is 2.35. The fourth-order valence-corrected chi connectivity index (χ4v) is 7.35. The van der Waals surface area contributed by atoms with Crippen molar-refractivity contribution in [2.75, 3.05) is 37.9 Å². The van der Waals surface area contributed by atoms with Gasteiger partial charge in [0.05, 0.1) is 4.90 Å². The van der Waals surface area contributed by atoms with Crippen molar-refractivity contribution in [3.63, 3.8) is 0 Å². The predicted molar refractivity (Wildman–Crippen MR) is 127 cm³/mol. The molecular weight excluding hydrogens is 510 g/mol. The van der Waals surface area contributed by atoms with Crippen LogP contribution in [0.2, 0.25) is 0 Å². The number of nitrogens with zero attached hydrogens (tertiary/aromatic N) is 3. The number of hydrogen-bond donors (Lipinski definition) is 0. The third-order valence-corrected chi connectivity index (χ3v) is 9.34. The zero-order valence-electron chi connectivity index (χ0n) is 18.6. The molecule has 1 atom stereocenters. The van der Waals surface area contributed by atoms with Crippen LogP contribution in [0.4, 0.5) is 5.69 Å². The third-order valence-electron chi connectivity index (χ3n) is 6.48. The summed E-state index contributed by atoms with van der Waals surface area (Å²) < 4.78 is 39.9. The number of carbonyl (C=O) groups is 1. The van der Waals surface area contributed by atoms with Crippen molar-refractivity contribution in [3.8, 4) is 11.5 Å². The topological polar surface area (TPSA) is 79.4 Å². The summed E-state index contributed by atoms with van der Waals surface area (Å²) in [6.45, 7) is 6.53. The molecule has 0 N–H and O–H groups in total. The summed E-state index contributed by atoms with van der Waals surface area (Å²) >= 11 is 3.47. The second-order valence-electron chi connectivity index (χ2n) is 8.72. The summed E-state index contributed by atoms with van der Waals surface area (Å²) in [6, 6.07) is 9.42. The van der Waals surface area contributed by atoms with E-state index in [-0.39, 0.29) is 23.6 Å². The smallest absolute Gasteiger partial charge is 0.244 e. The molecule has 8 nitrogen and oxygen atoms in total. The zero-order chi connectivity index (χ0) is 23.3. The lowest BCUT2D eigenvalue weighted by atomic mass is 10.1. The number of carbonyl (C=O) groups excluding carboxylic acids is 1. The molecule has 2 aromatic rings. The lowest BCUT2D eigenvalue weighted by Crippen LogP contribution is -2.48. The van der Waals surface area contributed by atoms with Crippen LogP contribution in [0, 0.1) is 0 Å². The Morgan fingerprint density at radius 2 is 1.82 bits per heavy atom. The lowest BCUT2D eigenvalue weighted by molar-refractivity contribution is -0.116. The lowest BCUT2D eigenvalue weighted by Gasteiger charge is -2.34. The first kappa shape index (κ1) is 22.6. The van der Waals surface area contributed by atoms with Crippen molar-refractivity contribution in [3.05, 3.63) is 45.9 Å². The highest BCUT2D eigenvalue weighted by atomic mass is 79.9. The highest BCUT2D eigenvalue weighted by molar-refractivity contribution is 9.10. The summed E-state index contributed by atoms with van der Waals surface area (Å²) in [7, 11) is -3.70. The molecule has 1 fully saturated rings. The fourth-order valence-electron chi connectivity index (χ4n) is 4.86. The minimum atomic E-state index is -3.70. The Morgan fingerprint density at radius 1 is 1.09 bits per heavy atom. The summed E-state index contributed by atoms with van der Waals surface area (Å²) in [4.78, 5) is 16.3. The van der Waals surface area contributed by atoms with Gasteiger partial charge in [0.1, 0.15) is 0 Å². The van der Waals surface area contributed by atoms with Gasteiger partial charge < -0.3 is 14.4 Å². The Morgan fingerprint density at radius 3 is 2.55 bits per heavy atom. The van der Waals surface area contributed by atoms with Crippen molar-refractivity contribution in [2.24, 2.45) is 0 Å². The maximum Gasteiger partial charge on any atom is 0.244 e. The van der Waals surface area contributed by atoms with Crippen LogP contribution in [0.3, 0.4) is 0 Å². The van der Waals surface area contributed by atoms with Gasteiger partial charge >= 0.3 is 0 Å². The Bertz CT molecular complexity index is 1210. The van der Waals surface area contributed by atoms with Gasteiger partial charge in [0.15, 0.2) is 11.5 Å². The van der Waals surface area contributed by atoms with Crippen LogP contribution in [0.5, 0.6) is 11.5 Å². The summed E-state index contributed by atoms with van der Waals surface area (Å²) in [5, 5.41) is 0. The van der Waals surface area contributed by atoms with Crippen LogP contribution in [0.1, 0.15) is 25.0 Å². The van der Waals surface area contributed by atoms with E-state index in [1.54, 1.807) is 11.0 Å². The zero-order valence-corrected chi connectivity index (χ0v) is 21.0. The molecule has 176 valence electrons. The summed E-state index contributed by atoms with van der Waals surface area (Å²) in [5.74, 6) is 1.43. The average molecular weight is 536 g/mol. The number of benzene rings is 2. The van der Waals surface area contributed by atoms with Crippen LogP contribution in [-0.4, -0.2) is 62.5 Å². The normalized spacial score (nSPS) is 20.8. The maximum atomic E-state index is 13.5. The van der Waals surface area contributed by atoms with E-state index in [1.807, 2.05) is 31.2 Å². The first-order chi connectivity index (χ1) is 15.7. The van der Waals surface area contributed by atoms with Gasteiger partial charge in [-0.25, -0.2) is 8.42 Å². The monoisotopic (exact) mass is 535 g/mol. The molecule has 10 heteroatoms. The van der Waals surface area contributed by atoms with E-state index in [0.29, 0.717) is 42.8 Å². The molecule has 0 aromatic heterocycles. The molecule has 0 aliphatic carbocycles. The van der Waals surface area contributed by atoms with E-state index in [2.05, 4.69) is 20.8 Å². The number of hydrogen-bond acceptors (Lipinski definition) is 6. The Labute approximate surface area is 202 Å². The number of rotatable bonds is 4. The number of ether oxygens (including phenoxy) is 2. The molecule has 5 rings (SSSR count). The quantitative estimate of drug-likeness (QED) is 0.598. The largest absolute Gasteiger partial charge is 0.454 e. The maximum absolute atomic E-state index is 13.5. The van der Waals surface area contributed by atoms with Crippen molar-refractivity contribution in [1.82, 2.24) is 9.21 Å². The SMILES string of the molecule is CC(=O)N1c2cc(S(=O)(=O)N3CCN(Cc4ccc5c(c4)OCO5)CC3)c(Br)cc2CC1C. The first-order valence-corrected chi connectivity index (χ1v) is 13.2. The summed E-state index contributed by atoms with van der Waals surface area (Å²) in [5.41, 5.74) is 2.78. The molecule has 3 aliphatic rings. The molecule has 0 saturated carbocycles. The average Bonchev–Trinajstić information content (AvgIpc) is 3.36. The van der Waals surface area contributed by atoms with Gasteiger partial charge in [0.2, 0.25) is 22.7 Å². The van der Waals surface area contributed by atoms with Gasteiger partial charge in [0, 0.05) is 55.8 Å². The standard InChI is InChI=1S/C23H26BrN3O5S/c1-15-9-18-11-19(24)23(12-20(18)27(15)16(2)28)33(29,30)26-7-5-25(6-8-26)13-17-3-4-21-22(10-17)32-14-31-21/h3-4,10-12,15H,5-9,13-14H2,1-2H3. The minimum Gasteiger partial charge on any atom is -0.454 e. The second kappa shape index (κ2) is 8.57. The molecule has 0 bridgehead atoms. The van der Waals surface area contributed by atoms with Crippen molar-refractivity contribution in [1.29, 1.82) is 0 Å². The minimum absolute atomic E-state index is 0.0158. The molecule has 1 unspecified atom stereocenters. The van der Waals surface area contributed by atoms with E-state index in [0.717, 1.165) is 29.2 Å². The van der Waals surface area contributed by atoms with Gasteiger partial charge in [-0.2, -0.15) is 4.31 Å². The van der Waals surface area contributed by atoms with E-state index in [1.165, 1.54) is 11.2 Å². The molecule has 3 aliphatic heterocycles. The van der Waals surface area contributed by atoms with E-state index < -0.39 is 10.0 Å². The molecule has 2 aromatic carbocycles. The number of piperazine rings is 1. The summed E-state index contributed by atoms with van der Waals surface area (Å²) in [6.07, 6.45) is 0.715. The molecule has 3 heterocycles. The van der Waals surface area contributed by atoms with Gasteiger partial charge in [0.25, 0.3) is 0 Å². The van der Waals surface area contributed by atoms with E-state index in [9.17, 15) is 13.2 Å². The van der Waals surface area contributed by atoms with Crippen LogP contribution in [0.15, 0.2) is 39.7 Å². The Hall–Kier alpha value is -2.14. The molecule has 1 saturated heterocycles. The van der Waals surface area contributed by atoms with Crippen molar-refractivity contribution in [2.45, 2.75) is 37.8 Å². The van der Waals surface area contributed by atoms with Gasteiger partial charge in [-0.05, 0) is 64.7 Å². The number of anilines is 1. The third kappa shape index (κ3) is 4.14. The van der Waals surface area contributed by atoms with Crippen LogP contribution in [0.25, 0.3) is 0 Å². The van der Waals surface area contributed by atoms with Crippen LogP contribution in [-0.2, 0) is 27.8 Å². The molecular formula is C23H26BrN3O5S. The van der Waals surface area contributed by atoms with E-state index >= 15 is 0 Å². The molecule has 0 spiro atoms. The number of amides is 1. The molecule has 1 amide bonds. The number of fused-ring (bicyclic) bond motifs is 2. The Balaban J connectivity index is 1.30. The van der Waals surface area contributed by atoms with Gasteiger partial charge in [-0.15, -0.1) is 0 Å². The Kier molecular flexibility index (Phi) is 5.88. The van der Waals surface area contributed by atoms with Gasteiger partial charge in [-0.3, -0.25) is 9.69 Å². The van der Waals surface area contributed by atoms with Crippen molar-refractivity contribution < 1.29 is 22.7 Å². The number of sulfonamides is 1.